The fourth-order valence-corrected chi connectivity index (χ4v) is 8.42. The summed E-state index contributed by atoms with van der Waals surface area (Å²) >= 11 is 6.10. The molecule has 2 fully saturated rings. The lowest BCUT2D eigenvalue weighted by molar-refractivity contribution is 0.329. The summed E-state index contributed by atoms with van der Waals surface area (Å²) < 4.78 is 50.1. The summed E-state index contributed by atoms with van der Waals surface area (Å²) in [6.45, 7) is 6.39. The first kappa shape index (κ1) is 26.2. The van der Waals surface area contributed by atoms with Crippen molar-refractivity contribution in [2.75, 3.05) is 37.7 Å². The highest BCUT2D eigenvalue weighted by molar-refractivity contribution is 7.89. The molecule has 10 nitrogen and oxygen atoms in total. The molecule has 2 saturated heterocycles. The SMILES string of the molecule is CCOc1cc(-c2ccc(N3CC4CN(S(=O)(=O)c5c(F)cccc5Cl)CC4(C)C3)nc2)c2c3cn[nH]c3nn2c1. The van der Waals surface area contributed by atoms with Crippen LogP contribution in [0.25, 0.3) is 27.7 Å². The average Bonchev–Trinajstić information content (AvgIpc) is 3.67. The van der Waals surface area contributed by atoms with Crippen LogP contribution in [0.1, 0.15) is 13.8 Å². The lowest BCUT2D eigenvalue weighted by Gasteiger charge is -2.26. The maximum Gasteiger partial charge on any atom is 0.247 e. The van der Waals surface area contributed by atoms with E-state index in [9.17, 15) is 12.8 Å². The van der Waals surface area contributed by atoms with E-state index in [1.807, 2.05) is 37.5 Å². The van der Waals surface area contributed by atoms with E-state index in [4.69, 9.17) is 21.3 Å². The number of fused-ring (bicyclic) bond motifs is 4. The molecule has 0 spiro atoms. The van der Waals surface area contributed by atoms with Gasteiger partial charge in [-0.15, -0.1) is 5.10 Å². The Kier molecular flexibility index (Phi) is 6.00. The quantitative estimate of drug-likeness (QED) is 0.305. The molecule has 2 atom stereocenters. The van der Waals surface area contributed by atoms with Crippen molar-refractivity contribution in [3.05, 3.63) is 65.8 Å². The third kappa shape index (κ3) is 4.15. The summed E-state index contributed by atoms with van der Waals surface area (Å²) in [4.78, 5) is 6.54. The van der Waals surface area contributed by atoms with Crippen molar-refractivity contribution >= 4 is 44.0 Å². The van der Waals surface area contributed by atoms with Gasteiger partial charge in [-0.3, -0.25) is 5.10 Å². The molecule has 7 rings (SSSR count). The molecule has 0 saturated carbocycles. The van der Waals surface area contributed by atoms with Gasteiger partial charge in [-0.1, -0.05) is 24.6 Å². The largest absolute Gasteiger partial charge is 0.492 e. The second-order valence-corrected chi connectivity index (χ2v) is 13.2. The van der Waals surface area contributed by atoms with Crippen LogP contribution in [-0.2, 0) is 10.0 Å². The number of hydrogen-bond acceptors (Lipinski definition) is 7. The Labute approximate surface area is 240 Å². The summed E-state index contributed by atoms with van der Waals surface area (Å²) in [5.74, 6) is 0.746. The van der Waals surface area contributed by atoms with Crippen molar-refractivity contribution < 1.29 is 17.5 Å². The summed E-state index contributed by atoms with van der Waals surface area (Å²) in [5, 5.41) is 12.4. The minimum atomic E-state index is -4.06. The molecule has 5 aromatic rings. The summed E-state index contributed by atoms with van der Waals surface area (Å²) in [6.07, 6.45) is 5.45. The first-order valence-corrected chi connectivity index (χ1v) is 15.1. The van der Waals surface area contributed by atoms with Crippen LogP contribution in [0.2, 0.25) is 5.02 Å². The molecule has 0 amide bonds. The van der Waals surface area contributed by atoms with E-state index >= 15 is 0 Å². The molecule has 0 bridgehead atoms. The molecule has 2 aliphatic heterocycles. The normalized spacial score (nSPS) is 21.3. The second-order valence-electron chi connectivity index (χ2n) is 10.9. The Morgan fingerprint density at radius 2 is 2.05 bits per heavy atom. The number of sulfonamides is 1. The lowest BCUT2D eigenvalue weighted by Crippen LogP contribution is -2.36. The van der Waals surface area contributed by atoms with E-state index in [0.717, 1.165) is 33.9 Å². The van der Waals surface area contributed by atoms with Crippen molar-refractivity contribution in [2.45, 2.75) is 18.7 Å². The standard InChI is InChI=1S/C28H27ClFN7O3S/c1-3-40-19-9-20(25-21-11-32-33-27(21)34-37(25)14-19)17-7-8-24(31-10-17)35-12-18-13-36(16-28(18,2)15-35)41(38,39)26-22(29)5-4-6-23(26)30/h4-11,14,18H,3,12-13,15-16H2,1-2H3,(H,33,34). The zero-order chi connectivity index (χ0) is 28.5. The van der Waals surface area contributed by atoms with Gasteiger partial charge in [0.15, 0.2) is 5.65 Å². The lowest BCUT2D eigenvalue weighted by atomic mass is 9.83. The fraction of sp³-hybridized carbons (Fsp3) is 0.321. The highest BCUT2D eigenvalue weighted by Crippen LogP contribution is 2.46. The molecule has 4 aromatic heterocycles. The smallest absolute Gasteiger partial charge is 0.247 e. The van der Waals surface area contributed by atoms with Gasteiger partial charge < -0.3 is 9.64 Å². The van der Waals surface area contributed by atoms with E-state index < -0.39 is 20.7 Å². The monoisotopic (exact) mass is 595 g/mol. The van der Waals surface area contributed by atoms with Gasteiger partial charge in [0, 0.05) is 48.9 Å². The number of aromatic amines is 1. The minimum Gasteiger partial charge on any atom is -0.492 e. The molecule has 1 aromatic carbocycles. The Balaban J connectivity index is 1.14. The zero-order valence-electron chi connectivity index (χ0n) is 22.4. The number of nitrogens with one attached hydrogen (secondary N) is 1. The Morgan fingerprint density at radius 1 is 1.20 bits per heavy atom. The third-order valence-corrected chi connectivity index (χ3v) is 10.6. The van der Waals surface area contributed by atoms with Crippen LogP contribution in [-0.4, -0.2) is 70.3 Å². The van der Waals surface area contributed by atoms with Gasteiger partial charge in [-0.25, -0.2) is 22.3 Å². The number of anilines is 1. The number of rotatable bonds is 6. The van der Waals surface area contributed by atoms with Crippen LogP contribution in [0.5, 0.6) is 5.75 Å². The maximum absolute atomic E-state index is 14.5. The number of aromatic nitrogens is 5. The molecule has 1 N–H and O–H groups in total. The fourth-order valence-electron chi connectivity index (χ4n) is 6.24. The van der Waals surface area contributed by atoms with Gasteiger partial charge in [0.05, 0.1) is 34.9 Å². The molecule has 0 radical (unpaired) electrons. The summed E-state index contributed by atoms with van der Waals surface area (Å²) in [6, 6.07) is 9.92. The van der Waals surface area contributed by atoms with E-state index in [-0.39, 0.29) is 22.9 Å². The molecule has 212 valence electrons. The van der Waals surface area contributed by atoms with Crippen LogP contribution in [0, 0.1) is 17.2 Å². The molecule has 6 heterocycles. The van der Waals surface area contributed by atoms with Crippen molar-refractivity contribution in [3.8, 4) is 16.9 Å². The molecular formula is C28H27ClFN7O3S. The molecule has 2 aliphatic rings. The Morgan fingerprint density at radius 3 is 2.78 bits per heavy atom. The number of halogens is 2. The number of hydrogen-bond donors (Lipinski definition) is 1. The van der Waals surface area contributed by atoms with Crippen LogP contribution in [0.3, 0.4) is 0 Å². The van der Waals surface area contributed by atoms with Crippen molar-refractivity contribution in [2.24, 2.45) is 11.3 Å². The zero-order valence-corrected chi connectivity index (χ0v) is 24.0. The summed E-state index contributed by atoms with van der Waals surface area (Å²) in [7, 11) is -4.06. The molecule has 13 heteroatoms. The maximum atomic E-state index is 14.5. The van der Waals surface area contributed by atoms with Gasteiger partial charge in [0.1, 0.15) is 22.3 Å². The predicted molar refractivity (Wildman–Crippen MR) is 153 cm³/mol. The minimum absolute atomic E-state index is 0.0629. The van der Waals surface area contributed by atoms with Crippen molar-refractivity contribution in [1.29, 1.82) is 0 Å². The van der Waals surface area contributed by atoms with E-state index in [0.29, 0.717) is 37.6 Å². The van der Waals surface area contributed by atoms with E-state index in [1.165, 1.54) is 16.4 Å². The van der Waals surface area contributed by atoms with Crippen LogP contribution in [0.15, 0.2) is 59.9 Å². The van der Waals surface area contributed by atoms with Gasteiger partial charge in [0.25, 0.3) is 0 Å². The van der Waals surface area contributed by atoms with Crippen molar-refractivity contribution in [1.82, 2.24) is 29.1 Å². The Bertz CT molecular complexity index is 1890. The number of nitrogens with zero attached hydrogens (tertiary/aromatic N) is 6. The van der Waals surface area contributed by atoms with Crippen molar-refractivity contribution in [3.63, 3.8) is 0 Å². The van der Waals surface area contributed by atoms with E-state index in [2.05, 4.69) is 27.1 Å². The summed E-state index contributed by atoms with van der Waals surface area (Å²) in [5.41, 5.74) is 3.12. The van der Waals surface area contributed by atoms with Crippen LogP contribution < -0.4 is 9.64 Å². The Hall–Kier alpha value is -3.74. The number of H-pyrrole nitrogens is 1. The highest BCUT2D eigenvalue weighted by atomic mass is 35.5. The third-order valence-electron chi connectivity index (χ3n) is 8.25. The van der Waals surface area contributed by atoms with E-state index in [1.54, 1.807) is 10.7 Å². The number of benzene rings is 1. The second kappa shape index (κ2) is 9.40. The average molecular weight is 596 g/mol. The van der Waals surface area contributed by atoms with Crippen LogP contribution in [0.4, 0.5) is 10.2 Å². The van der Waals surface area contributed by atoms with Gasteiger partial charge >= 0.3 is 0 Å². The molecule has 2 unspecified atom stereocenters. The molecular weight excluding hydrogens is 569 g/mol. The van der Waals surface area contributed by atoms with Gasteiger partial charge in [0.2, 0.25) is 10.0 Å². The van der Waals surface area contributed by atoms with Crippen LogP contribution >= 0.6 is 11.6 Å². The van der Waals surface area contributed by atoms with Gasteiger partial charge in [-0.2, -0.15) is 9.40 Å². The van der Waals surface area contributed by atoms with Gasteiger partial charge in [-0.05, 0) is 43.2 Å². The predicted octanol–water partition coefficient (Wildman–Crippen LogP) is 4.61. The topological polar surface area (TPSA) is 109 Å². The molecule has 41 heavy (non-hydrogen) atoms. The first-order valence-electron chi connectivity index (χ1n) is 13.3. The highest BCUT2D eigenvalue weighted by Gasteiger charge is 2.53. The molecule has 0 aliphatic carbocycles. The first-order chi connectivity index (χ1) is 19.7. The number of pyridine rings is 2. The number of ether oxygens (including phenoxy) is 1.